The Morgan fingerprint density at radius 1 is 1.29 bits per heavy atom. The lowest BCUT2D eigenvalue weighted by Crippen LogP contribution is -2.52. The lowest BCUT2D eigenvalue weighted by atomic mass is 9.96. The summed E-state index contributed by atoms with van der Waals surface area (Å²) in [6.07, 6.45) is 2.09. The summed E-state index contributed by atoms with van der Waals surface area (Å²) in [5, 5.41) is 13.4. The maximum atomic E-state index is 12.8. The minimum atomic E-state index is -0.888. The highest BCUT2D eigenvalue weighted by Gasteiger charge is 2.36. The number of aliphatic hydroxyl groups is 1. The summed E-state index contributed by atoms with van der Waals surface area (Å²) in [4.78, 5) is 44.0. The topological polar surface area (TPSA) is 113 Å². The van der Waals surface area contributed by atoms with Crippen molar-refractivity contribution in [3.05, 3.63) is 75.3 Å². The third-order valence-electron chi connectivity index (χ3n) is 5.80. The molecule has 1 saturated heterocycles. The van der Waals surface area contributed by atoms with Crippen LogP contribution in [0.15, 0.2) is 53.6 Å². The molecule has 1 aromatic carbocycles. The van der Waals surface area contributed by atoms with E-state index in [1.54, 1.807) is 13.0 Å². The van der Waals surface area contributed by atoms with Gasteiger partial charge in [0, 0.05) is 12.7 Å². The zero-order valence-corrected chi connectivity index (χ0v) is 19.4. The van der Waals surface area contributed by atoms with Crippen LogP contribution in [-0.4, -0.2) is 50.1 Å². The van der Waals surface area contributed by atoms with Crippen molar-refractivity contribution in [2.24, 2.45) is 0 Å². The zero-order chi connectivity index (χ0) is 24.2. The molecule has 1 fully saturated rings. The molecule has 2 atom stereocenters. The highest BCUT2D eigenvalue weighted by Crippen LogP contribution is 2.22. The summed E-state index contributed by atoms with van der Waals surface area (Å²) >= 11 is 6.06. The van der Waals surface area contributed by atoms with E-state index < -0.39 is 29.7 Å². The van der Waals surface area contributed by atoms with Gasteiger partial charge in [0.1, 0.15) is 17.9 Å². The van der Waals surface area contributed by atoms with Crippen molar-refractivity contribution in [3.8, 4) is 0 Å². The van der Waals surface area contributed by atoms with E-state index in [0.29, 0.717) is 30.1 Å². The number of aliphatic hydroxyl groups excluding tert-OH is 1. The number of amides is 2. The maximum Gasteiger partial charge on any atom is 0.410 e. The third kappa shape index (κ3) is 5.21. The fraction of sp³-hybridized carbons (Fsp3) is 0.333. The van der Waals surface area contributed by atoms with Crippen molar-refractivity contribution in [2.45, 2.75) is 44.9 Å². The number of piperidine rings is 1. The molecule has 2 N–H and O–H groups in total. The van der Waals surface area contributed by atoms with Gasteiger partial charge in [-0.2, -0.15) is 0 Å². The Labute approximate surface area is 200 Å². The number of ether oxygens (including phenoxy) is 1. The molecule has 0 unspecified atom stereocenters. The molecule has 1 aliphatic rings. The first kappa shape index (κ1) is 23.7. The molecule has 0 aliphatic carbocycles. The van der Waals surface area contributed by atoms with Gasteiger partial charge < -0.3 is 20.1 Å². The summed E-state index contributed by atoms with van der Waals surface area (Å²) in [5.41, 5.74) is 1.49. The van der Waals surface area contributed by atoms with E-state index in [2.05, 4.69) is 10.3 Å². The number of halogens is 1. The van der Waals surface area contributed by atoms with E-state index in [-0.39, 0.29) is 18.7 Å². The van der Waals surface area contributed by atoms with Gasteiger partial charge >= 0.3 is 6.09 Å². The average molecular weight is 485 g/mol. The van der Waals surface area contributed by atoms with Gasteiger partial charge in [0.25, 0.3) is 5.56 Å². The number of benzene rings is 1. The first-order valence-corrected chi connectivity index (χ1v) is 11.3. The SMILES string of the molecule is Cc1cc(Cl)cn2c(=O)c(NC(=O)C[C@@H]3[C@@H](O)CCCN3C(=O)OCc3ccccc3)cnc12. The van der Waals surface area contributed by atoms with Gasteiger partial charge in [-0.15, -0.1) is 0 Å². The van der Waals surface area contributed by atoms with Crippen molar-refractivity contribution in [1.82, 2.24) is 14.3 Å². The van der Waals surface area contributed by atoms with E-state index in [1.807, 2.05) is 30.3 Å². The molecule has 0 radical (unpaired) electrons. The number of fused-ring (bicyclic) bond motifs is 1. The molecule has 0 bridgehead atoms. The molecule has 2 aromatic heterocycles. The molecule has 0 spiro atoms. The van der Waals surface area contributed by atoms with Crippen molar-refractivity contribution in [1.29, 1.82) is 0 Å². The molecule has 9 nitrogen and oxygen atoms in total. The molecule has 178 valence electrons. The number of pyridine rings is 1. The molecule has 3 aromatic rings. The van der Waals surface area contributed by atoms with Crippen molar-refractivity contribution < 1.29 is 19.4 Å². The zero-order valence-electron chi connectivity index (χ0n) is 18.6. The summed E-state index contributed by atoms with van der Waals surface area (Å²) in [6, 6.07) is 10.2. The number of carbonyl (C=O) groups excluding carboxylic acids is 2. The number of likely N-dealkylation sites (tertiary alicyclic amines) is 1. The number of carbonyl (C=O) groups is 2. The van der Waals surface area contributed by atoms with Crippen molar-refractivity contribution >= 4 is 34.9 Å². The molecule has 4 rings (SSSR count). The van der Waals surface area contributed by atoms with Gasteiger partial charge in [-0.3, -0.25) is 14.0 Å². The number of rotatable bonds is 5. The molecule has 2 amide bonds. The van der Waals surface area contributed by atoms with Crippen LogP contribution in [0, 0.1) is 6.92 Å². The van der Waals surface area contributed by atoms with E-state index in [4.69, 9.17) is 16.3 Å². The van der Waals surface area contributed by atoms with Crippen LogP contribution in [0.1, 0.15) is 30.4 Å². The summed E-state index contributed by atoms with van der Waals surface area (Å²) in [5.74, 6) is -0.524. The van der Waals surface area contributed by atoms with Crippen molar-refractivity contribution in [3.63, 3.8) is 0 Å². The lowest BCUT2D eigenvalue weighted by Gasteiger charge is -2.37. The number of anilines is 1. The van der Waals surface area contributed by atoms with Crippen LogP contribution in [0.4, 0.5) is 10.5 Å². The van der Waals surface area contributed by atoms with Crippen molar-refractivity contribution in [2.75, 3.05) is 11.9 Å². The van der Waals surface area contributed by atoms with Gasteiger partial charge in [-0.05, 0) is 37.0 Å². The molecule has 1 aliphatic heterocycles. The Balaban J connectivity index is 1.46. The van der Waals surface area contributed by atoms with Crippen LogP contribution in [-0.2, 0) is 16.1 Å². The summed E-state index contributed by atoms with van der Waals surface area (Å²) in [7, 11) is 0. The van der Waals surface area contributed by atoms with Gasteiger partial charge in [0.15, 0.2) is 0 Å². The summed E-state index contributed by atoms with van der Waals surface area (Å²) in [6.45, 7) is 2.23. The first-order valence-electron chi connectivity index (χ1n) is 11.0. The van der Waals surface area contributed by atoms with Crippen LogP contribution < -0.4 is 10.9 Å². The first-order chi connectivity index (χ1) is 16.3. The summed E-state index contributed by atoms with van der Waals surface area (Å²) < 4.78 is 6.68. The molecule has 10 heteroatoms. The Morgan fingerprint density at radius 2 is 2.06 bits per heavy atom. The number of nitrogens with zero attached hydrogens (tertiary/aromatic N) is 3. The number of hydrogen-bond donors (Lipinski definition) is 2. The molecule has 34 heavy (non-hydrogen) atoms. The molecule has 3 heterocycles. The van der Waals surface area contributed by atoms with Crippen LogP contribution in [0.25, 0.3) is 5.65 Å². The van der Waals surface area contributed by atoms with Crippen LogP contribution in [0.3, 0.4) is 0 Å². The van der Waals surface area contributed by atoms with E-state index in [9.17, 15) is 19.5 Å². The second-order valence-electron chi connectivity index (χ2n) is 8.27. The maximum absolute atomic E-state index is 12.8. The molecule has 0 saturated carbocycles. The Morgan fingerprint density at radius 3 is 2.82 bits per heavy atom. The standard InChI is InChI=1S/C24H25ClN4O5/c1-15-10-17(25)13-29-22(15)26-12-18(23(29)32)27-21(31)11-19-20(30)8-5-9-28(19)24(33)34-14-16-6-3-2-4-7-16/h2-4,6-7,10,12-13,19-20,30H,5,8-9,11,14H2,1H3,(H,27,31)/t19-,20+/m1/s1. The number of nitrogens with one attached hydrogen (secondary N) is 1. The van der Waals surface area contributed by atoms with Gasteiger partial charge in [0.05, 0.1) is 29.8 Å². The van der Waals surface area contributed by atoms with Crippen LogP contribution in [0.2, 0.25) is 5.02 Å². The number of aromatic nitrogens is 2. The predicted molar refractivity (Wildman–Crippen MR) is 127 cm³/mol. The van der Waals surface area contributed by atoms with E-state index in [1.165, 1.54) is 21.7 Å². The average Bonchev–Trinajstić information content (AvgIpc) is 2.81. The van der Waals surface area contributed by atoms with Gasteiger partial charge in [-0.25, -0.2) is 9.78 Å². The van der Waals surface area contributed by atoms with Crippen LogP contribution in [0.5, 0.6) is 0 Å². The normalized spacial score (nSPS) is 18.0. The van der Waals surface area contributed by atoms with E-state index in [0.717, 1.165) is 11.1 Å². The monoisotopic (exact) mass is 484 g/mol. The third-order valence-corrected chi connectivity index (χ3v) is 6.01. The number of aryl methyl sites for hydroxylation is 1. The highest BCUT2D eigenvalue weighted by atomic mass is 35.5. The second kappa shape index (κ2) is 10.2. The van der Waals surface area contributed by atoms with Crippen LogP contribution >= 0.6 is 11.6 Å². The smallest absolute Gasteiger partial charge is 0.410 e. The van der Waals surface area contributed by atoms with Gasteiger partial charge in [-0.1, -0.05) is 41.9 Å². The highest BCUT2D eigenvalue weighted by molar-refractivity contribution is 6.30. The molecular weight excluding hydrogens is 460 g/mol. The number of hydrogen-bond acceptors (Lipinski definition) is 6. The van der Waals surface area contributed by atoms with E-state index >= 15 is 0 Å². The van der Waals surface area contributed by atoms with Gasteiger partial charge in [0.2, 0.25) is 5.91 Å². The Hall–Kier alpha value is -3.43. The Bertz CT molecular complexity index is 1260. The second-order valence-corrected chi connectivity index (χ2v) is 8.71. The minimum Gasteiger partial charge on any atom is -0.445 e. The fourth-order valence-corrected chi connectivity index (χ4v) is 4.36. The fourth-order valence-electron chi connectivity index (χ4n) is 4.10. The Kier molecular flexibility index (Phi) is 7.14. The quantitative estimate of drug-likeness (QED) is 0.575. The molecular formula is C24H25ClN4O5. The largest absolute Gasteiger partial charge is 0.445 e. The minimum absolute atomic E-state index is 0.0207. The lowest BCUT2D eigenvalue weighted by molar-refractivity contribution is -0.119. The predicted octanol–water partition coefficient (Wildman–Crippen LogP) is 3.15.